The van der Waals surface area contributed by atoms with Crippen LogP contribution in [0.3, 0.4) is 0 Å². The Labute approximate surface area is 115 Å². The second kappa shape index (κ2) is 5.61. The highest BCUT2D eigenvalue weighted by atomic mass is 16.5. The molecule has 0 amide bonds. The van der Waals surface area contributed by atoms with Crippen molar-refractivity contribution < 1.29 is 23.8 Å². The van der Waals surface area contributed by atoms with Crippen molar-refractivity contribution in [2.24, 2.45) is 0 Å². The number of ether oxygens (including phenoxy) is 1. The molecular weight excluding hydrogens is 260 g/mol. The second-order valence-electron chi connectivity index (χ2n) is 4.40. The maximum Gasteiger partial charge on any atom is 0.372 e. The van der Waals surface area contributed by atoms with Gasteiger partial charge < -0.3 is 14.3 Å². The van der Waals surface area contributed by atoms with E-state index in [4.69, 9.17) is 14.3 Å². The van der Waals surface area contributed by atoms with Gasteiger partial charge in [0.1, 0.15) is 18.1 Å². The first-order valence-corrected chi connectivity index (χ1v) is 6.04. The van der Waals surface area contributed by atoms with Gasteiger partial charge in [-0.3, -0.25) is 4.79 Å². The molecule has 0 saturated heterocycles. The van der Waals surface area contributed by atoms with Crippen LogP contribution >= 0.6 is 0 Å². The summed E-state index contributed by atoms with van der Waals surface area (Å²) in [7, 11) is 0. The number of hydrogen-bond acceptors (Lipinski definition) is 4. The Balaban J connectivity index is 2.03. The van der Waals surface area contributed by atoms with Crippen LogP contribution in [0.25, 0.3) is 0 Å². The number of carbonyl (C=O) groups excluding carboxylic acids is 1. The lowest BCUT2D eigenvalue weighted by molar-refractivity contribution is 0.0657. The van der Waals surface area contributed by atoms with E-state index in [0.717, 1.165) is 0 Å². The lowest BCUT2D eigenvalue weighted by atomic mass is 10.1. The van der Waals surface area contributed by atoms with Gasteiger partial charge in [0.2, 0.25) is 5.76 Å². The predicted octanol–water partition coefficient (Wildman–Crippen LogP) is 3.07. The topological polar surface area (TPSA) is 76.7 Å². The minimum absolute atomic E-state index is 0.00990. The Bertz CT molecular complexity index is 637. The minimum Gasteiger partial charge on any atom is -0.486 e. The van der Waals surface area contributed by atoms with Gasteiger partial charge in [-0.15, -0.1) is 0 Å². The summed E-state index contributed by atoms with van der Waals surface area (Å²) in [5.41, 5.74) is 1.17. The van der Waals surface area contributed by atoms with Gasteiger partial charge in [-0.25, -0.2) is 4.79 Å². The van der Waals surface area contributed by atoms with E-state index in [-0.39, 0.29) is 18.2 Å². The fraction of sp³-hybridized carbons (Fsp3) is 0.200. The van der Waals surface area contributed by atoms with Crippen molar-refractivity contribution in [3.05, 3.63) is 53.0 Å². The molecule has 0 unspecified atom stereocenters. The van der Waals surface area contributed by atoms with Crippen molar-refractivity contribution in [3.63, 3.8) is 0 Å². The monoisotopic (exact) mass is 274 g/mol. The SMILES string of the molecule is CC(=O)c1ccc(OCc2cc(C)c(C(=O)O)o2)cc1. The van der Waals surface area contributed by atoms with Crippen LogP contribution in [0.2, 0.25) is 0 Å². The van der Waals surface area contributed by atoms with E-state index in [0.29, 0.717) is 22.6 Å². The highest BCUT2D eigenvalue weighted by Gasteiger charge is 2.14. The number of carbonyl (C=O) groups is 2. The number of aromatic carboxylic acids is 1. The Morgan fingerprint density at radius 1 is 1.25 bits per heavy atom. The summed E-state index contributed by atoms with van der Waals surface area (Å²) in [6, 6.07) is 8.35. The van der Waals surface area contributed by atoms with Gasteiger partial charge in [0, 0.05) is 11.1 Å². The molecule has 1 heterocycles. The number of rotatable bonds is 5. The zero-order chi connectivity index (χ0) is 14.7. The molecule has 1 aromatic heterocycles. The van der Waals surface area contributed by atoms with Crippen LogP contribution in [0.1, 0.15) is 39.2 Å². The Hall–Kier alpha value is -2.56. The Morgan fingerprint density at radius 3 is 2.40 bits per heavy atom. The molecule has 0 aliphatic heterocycles. The predicted molar refractivity (Wildman–Crippen MR) is 71.2 cm³/mol. The van der Waals surface area contributed by atoms with E-state index in [1.54, 1.807) is 37.3 Å². The Morgan fingerprint density at radius 2 is 1.90 bits per heavy atom. The third kappa shape index (κ3) is 3.06. The molecule has 0 radical (unpaired) electrons. The molecule has 2 aromatic rings. The van der Waals surface area contributed by atoms with Gasteiger partial charge in [0.15, 0.2) is 5.78 Å². The molecule has 0 fully saturated rings. The molecule has 0 bridgehead atoms. The third-order valence-corrected chi connectivity index (χ3v) is 2.80. The van der Waals surface area contributed by atoms with E-state index in [1.165, 1.54) is 6.92 Å². The largest absolute Gasteiger partial charge is 0.486 e. The maximum absolute atomic E-state index is 11.1. The molecule has 0 spiro atoms. The summed E-state index contributed by atoms with van der Waals surface area (Å²) < 4.78 is 10.7. The van der Waals surface area contributed by atoms with Crippen molar-refractivity contribution in [1.29, 1.82) is 0 Å². The molecule has 104 valence electrons. The first-order chi connectivity index (χ1) is 9.47. The van der Waals surface area contributed by atoms with Crippen molar-refractivity contribution in [2.45, 2.75) is 20.5 Å². The molecule has 1 N–H and O–H groups in total. The molecular formula is C15H14O5. The second-order valence-corrected chi connectivity index (χ2v) is 4.40. The molecule has 0 aliphatic carbocycles. The lowest BCUT2D eigenvalue weighted by Crippen LogP contribution is -1.96. The van der Waals surface area contributed by atoms with E-state index in [9.17, 15) is 9.59 Å². The Kier molecular flexibility index (Phi) is 3.89. The van der Waals surface area contributed by atoms with E-state index < -0.39 is 5.97 Å². The first-order valence-electron chi connectivity index (χ1n) is 6.04. The quantitative estimate of drug-likeness (QED) is 0.848. The average Bonchev–Trinajstić information content (AvgIpc) is 2.78. The number of hydrogen-bond donors (Lipinski definition) is 1. The zero-order valence-corrected chi connectivity index (χ0v) is 11.2. The van der Waals surface area contributed by atoms with Crippen LogP contribution in [0.5, 0.6) is 5.75 Å². The van der Waals surface area contributed by atoms with Gasteiger partial charge in [-0.1, -0.05) is 0 Å². The van der Waals surface area contributed by atoms with Gasteiger partial charge in [-0.2, -0.15) is 0 Å². The molecule has 5 heteroatoms. The number of ketones is 1. The van der Waals surface area contributed by atoms with E-state index in [2.05, 4.69) is 0 Å². The summed E-state index contributed by atoms with van der Waals surface area (Å²) in [6.45, 7) is 3.29. The fourth-order valence-electron chi connectivity index (χ4n) is 1.77. The van der Waals surface area contributed by atoms with Gasteiger partial charge in [-0.05, 0) is 44.2 Å². The van der Waals surface area contributed by atoms with E-state index in [1.807, 2.05) is 0 Å². The van der Waals surface area contributed by atoms with Crippen LogP contribution in [-0.2, 0) is 6.61 Å². The lowest BCUT2D eigenvalue weighted by Gasteiger charge is -2.04. The number of Topliss-reactive ketones (excluding diaryl/α,β-unsaturated/α-hetero) is 1. The average molecular weight is 274 g/mol. The summed E-state index contributed by atoms with van der Waals surface area (Å²) in [5, 5.41) is 8.88. The molecule has 0 atom stereocenters. The minimum atomic E-state index is -1.10. The fourth-order valence-corrected chi connectivity index (χ4v) is 1.77. The molecule has 0 aliphatic rings. The van der Waals surface area contributed by atoms with Crippen molar-refractivity contribution in [2.75, 3.05) is 0 Å². The number of benzene rings is 1. The molecule has 2 rings (SSSR count). The summed E-state index contributed by atoms with van der Waals surface area (Å²) >= 11 is 0. The smallest absolute Gasteiger partial charge is 0.372 e. The standard InChI is InChI=1S/C15H14O5/c1-9-7-13(20-14(9)15(17)18)8-19-12-5-3-11(4-6-12)10(2)16/h3-7H,8H2,1-2H3,(H,17,18). The van der Waals surface area contributed by atoms with Gasteiger partial charge in [0.05, 0.1) is 0 Å². The number of carboxylic acids is 1. The number of furan rings is 1. The van der Waals surface area contributed by atoms with Crippen LogP contribution in [0.15, 0.2) is 34.7 Å². The molecule has 0 saturated carbocycles. The molecule has 5 nitrogen and oxygen atoms in total. The molecule has 20 heavy (non-hydrogen) atoms. The van der Waals surface area contributed by atoms with Crippen molar-refractivity contribution >= 4 is 11.8 Å². The summed E-state index contributed by atoms with van der Waals surface area (Å²) in [6.07, 6.45) is 0. The van der Waals surface area contributed by atoms with Crippen molar-refractivity contribution in [3.8, 4) is 5.75 Å². The zero-order valence-electron chi connectivity index (χ0n) is 11.2. The van der Waals surface area contributed by atoms with Crippen molar-refractivity contribution in [1.82, 2.24) is 0 Å². The normalized spacial score (nSPS) is 10.3. The van der Waals surface area contributed by atoms with Crippen LogP contribution in [-0.4, -0.2) is 16.9 Å². The molecule has 1 aromatic carbocycles. The van der Waals surface area contributed by atoms with Crippen LogP contribution in [0.4, 0.5) is 0 Å². The third-order valence-electron chi connectivity index (χ3n) is 2.80. The van der Waals surface area contributed by atoms with Crippen LogP contribution < -0.4 is 4.74 Å². The van der Waals surface area contributed by atoms with E-state index >= 15 is 0 Å². The highest BCUT2D eigenvalue weighted by molar-refractivity contribution is 5.94. The highest BCUT2D eigenvalue weighted by Crippen LogP contribution is 2.18. The van der Waals surface area contributed by atoms with Gasteiger partial charge >= 0.3 is 5.97 Å². The number of carboxylic acid groups (broad SMARTS) is 1. The van der Waals surface area contributed by atoms with Gasteiger partial charge in [0.25, 0.3) is 0 Å². The van der Waals surface area contributed by atoms with Crippen LogP contribution in [0, 0.1) is 6.92 Å². The summed E-state index contributed by atoms with van der Waals surface area (Å²) in [4.78, 5) is 22.0. The number of aryl methyl sites for hydroxylation is 1. The summed E-state index contributed by atoms with van der Waals surface area (Å²) in [5.74, 6) is -0.157. The first kappa shape index (κ1) is 13.9. The maximum atomic E-state index is 11.1.